The minimum atomic E-state index is -3.65. The molecule has 0 saturated heterocycles. The van der Waals surface area contributed by atoms with Crippen molar-refractivity contribution < 1.29 is 13.2 Å². The number of aromatic nitrogens is 3. The van der Waals surface area contributed by atoms with E-state index in [0.717, 1.165) is 64.7 Å². The lowest BCUT2D eigenvalue weighted by Crippen LogP contribution is -2.29. The first-order valence-corrected chi connectivity index (χ1v) is 17.0. The minimum absolute atomic E-state index is 0.00237. The highest BCUT2D eigenvalue weighted by Crippen LogP contribution is 2.38. The van der Waals surface area contributed by atoms with E-state index in [1.807, 2.05) is 6.07 Å². The summed E-state index contributed by atoms with van der Waals surface area (Å²) in [4.78, 5) is 30.8. The topological polar surface area (TPSA) is 108 Å². The SMILES string of the molecule is CC(C)CN(C)CC[C@@H](CC(=O)c1nc2cc3c(nc2s1)CC[C@H](C(C)(C)C)C3)c1ccc(NS(=O)(=O)N(C)C)nc1. The summed E-state index contributed by atoms with van der Waals surface area (Å²) in [5.41, 5.74) is 4.37. The molecule has 42 heavy (non-hydrogen) atoms. The predicted octanol–water partition coefficient (Wildman–Crippen LogP) is 5.79. The van der Waals surface area contributed by atoms with E-state index < -0.39 is 10.2 Å². The highest BCUT2D eigenvalue weighted by molar-refractivity contribution is 7.90. The molecule has 9 nitrogen and oxygen atoms in total. The zero-order valence-corrected chi connectivity index (χ0v) is 27.9. The van der Waals surface area contributed by atoms with Crippen molar-refractivity contribution >= 4 is 43.5 Å². The summed E-state index contributed by atoms with van der Waals surface area (Å²) >= 11 is 1.39. The van der Waals surface area contributed by atoms with E-state index in [0.29, 0.717) is 23.3 Å². The summed E-state index contributed by atoms with van der Waals surface area (Å²) in [5.74, 6) is 1.30. The maximum absolute atomic E-state index is 13.6. The molecule has 0 radical (unpaired) electrons. The quantitative estimate of drug-likeness (QED) is 0.257. The lowest BCUT2D eigenvalue weighted by Gasteiger charge is -2.34. The molecule has 0 amide bonds. The average molecular weight is 615 g/mol. The van der Waals surface area contributed by atoms with Gasteiger partial charge in [-0.3, -0.25) is 9.52 Å². The Morgan fingerprint density at radius 1 is 1.17 bits per heavy atom. The molecule has 0 aliphatic heterocycles. The summed E-state index contributed by atoms with van der Waals surface area (Å²) in [6.07, 6.45) is 5.84. The van der Waals surface area contributed by atoms with Gasteiger partial charge in [-0.15, -0.1) is 0 Å². The van der Waals surface area contributed by atoms with Crippen molar-refractivity contribution in [3.8, 4) is 0 Å². The standard InChI is InChI=1S/C31H46N6O3S2/c1-20(2)19-37(8)14-13-21(22-9-12-28(32-18-22)35-42(39,40)36(6)7)17-27(38)30-34-26-16-23-15-24(31(3,4)5)10-11-25(23)33-29(26)41-30/h9,12,16,18,20-21,24H,10-11,13-15,17,19H2,1-8H3,(H,32,35)/t21-,24-/m0/s1. The van der Waals surface area contributed by atoms with Crippen LogP contribution in [0.4, 0.5) is 5.82 Å². The molecule has 0 spiro atoms. The normalized spacial score (nSPS) is 16.8. The van der Waals surface area contributed by atoms with Gasteiger partial charge in [0, 0.05) is 39.0 Å². The fraction of sp³-hybridized carbons (Fsp3) is 0.613. The van der Waals surface area contributed by atoms with Crippen molar-refractivity contribution in [2.24, 2.45) is 17.3 Å². The zero-order valence-electron chi connectivity index (χ0n) is 26.3. The van der Waals surface area contributed by atoms with Crippen LogP contribution in [0.2, 0.25) is 0 Å². The summed E-state index contributed by atoms with van der Waals surface area (Å²) in [6, 6.07) is 5.67. The fourth-order valence-electron chi connectivity index (χ4n) is 5.59. The van der Waals surface area contributed by atoms with Crippen LogP contribution in [0.5, 0.6) is 0 Å². The first-order valence-electron chi connectivity index (χ1n) is 14.8. The van der Waals surface area contributed by atoms with Gasteiger partial charge in [0.2, 0.25) is 0 Å². The van der Waals surface area contributed by atoms with Crippen LogP contribution in [0.15, 0.2) is 24.4 Å². The Balaban J connectivity index is 1.54. The minimum Gasteiger partial charge on any atom is -0.306 e. The second-order valence-corrected chi connectivity index (χ2v) is 16.2. The van der Waals surface area contributed by atoms with E-state index in [1.54, 1.807) is 12.3 Å². The molecule has 3 aromatic rings. The van der Waals surface area contributed by atoms with Crippen LogP contribution in [0.25, 0.3) is 10.3 Å². The molecular weight excluding hydrogens is 569 g/mol. The molecule has 1 aliphatic rings. The fourth-order valence-corrected chi connectivity index (χ4v) is 7.05. The first-order chi connectivity index (χ1) is 19.6. The molecule has 0 saturated carbocycles. The Labute approximate surface area is 255 Å². The number of carbonyl (C=O) groups is 1. The second kappa shape index (κ2) is 13.0. The summed E-state index contributed by atoms with van der Waals surface area (Å²) in [6.45, 7) is 13.1. The van der Waals surface area contributed by atoms with E-state index in [4.69, 9.17) is 9.97 Å². The Hall–Kier alpha value is -2.47. The molecule has 4 rings (SSSR count). The number of nitrogens with zero attached hydrogens (tertiary/aromatic N) is 5. The Morgan fingerprint density at radius 3 is 2.52 bits per heavy atom. The molecule has 1 N–H and O–H groups in total. The molecule has 3 heterocycles. The molecule has 0 bridgehead atoms. The van der Waals surface area contributed by atoms with E-state index in [9.17, 15) is 13.2 Å². The maximum Gasteiger partial charge on any atom is 0.302 e. The number of ketones is 1. The van der Waals surface area contributed by atoms with Crippen molar-refractivity contribution in [1.82, 2.24) is 24.2 Å². The highest BCUT2D eigenvalue weighted by atomic mass is 32.2. The summed E-state index contributed by atoms with van der Waals surface area (Å²) < 4.78 is 28.0. The lowest BCUT2D eigenvalue weighted by atomic mass is 9.71. The number of carbonyl (C=O) groups excluding carboxylic acids is 1. The number of aryl methyl sites for hydroxylation is 1. The molecular formula is C31H46N6O3S2. The van der Waals surface area contributed by atoms with Crippen LogP contribution >= 0.6 is 11.3 Å². The number of hydrogen-bond donors (Lipinski definition) is 1. The van der Waals surface area contributed by atoms with Crippen LogP contribution in [0.1, 0.15) is 86.4 Å². The first kappa shape index (κ1) is 32.4. The highest BCUT2D eigenvalue weighted by Gasteiger charge is 2.30. The van der Waals surface area contributed by atoms with Crippen molar-refractivity contribution in [1.29, 1.82) is 0 Å². The summed E-state index contributed by atoms with van der Waals surface area (Å²) in [7, 11) is 1.36. The average Bonchev–Trinajstić information content (AvgIpc) is 3.31. The van der Waals surface area contributed by atoms with Gasteiger partial charge in [0.1, 0.15) is 16.2 Å². The molecule has 2 atom stereocenters. The van der Waals surface area contributed by atoms with Gasteiger partial charge in [-0.05, 0) is 85.7 Å². The molecule has 3 aromatic heterocycles. The van der Waals surface area contributed by atoms with E-state index >= 15 is 0 Å². The Kier molecular flexibility index (Phi) is 10.1. The van der Waals surface area contributed by atoms with Crippen molar-refractivity contribution in [3.63, 3.8) is 0 Å². The summed E-state index contributed by atoms with van der Waals surface area (Å²) in [5, 5.41) is 0.496. The monoisotopic (exact) mass is 614 g/mol. The molecule has 230 valence electrons. The second-order valence-electron chi connectivity index (χ2n) is 13.4. The van der Waals surface area contributed by atoms with Gasteiger partial charge >= 0.3 is 10.2 Å². The smallest absolute Gasteiger partial charge is 0.302 e. The number of anilines is 1. The number of thiazole rings is 1. The maximum atomic E-state index is 13.6. The van der Waals surface area contributed by atoms with Crippen LogP contribution in [0, 0.1) is 17.3 Å². The van der Waals surface area contributed by atoms with Crippen LogP contribution < -0.4 is 4.72 Å². The molecule has 11 heteroatoms. The third-order valence-corrected chi connectivity index (χ3v) is 10.6. The van der Waals surface area contributed by atoms with E-state index in [-0.39, 0.29) is 22.9 Å². The molecule has 0 unspecified atom stereocenters. The van der Waals surface area contributed by atoms with Crippen LogP contribution in [0.3, 0.4) is 0 Å². The third-order valence-electron chi connectivity index (χ3n) is 8.15. The Morgan fingerprint density at radius 2 is 1.90 bits per heavy atom. The van der Waals surface area contributed by atoms with Crippen LogP contribution in [-0.4, -0.2) is 72.6 Å². The van der Waals surface area contributed by atoms with E-state index in [2.05, 4.69) is 62.3 Å². The van der Waals surface area contributed by atoms with Crippen molar-refractivity contribution in [2.75, 3.05) is 39.0 Å². The molecule has 1 aliphatic carbocycles. The van der Waals surface area contributed by atoms with E-state index in [1.165, 1.54) is 31.0 Å². The lowest BCUT2D eigenvalue weighted by molar-refractivity contribution is 0.0970. The number of nitrogens with one attached hydrogen (secondary N) is 1. The number of Topliss-reactive ketones (excluding diaryl/α,β-unsaturated/α-hetero) is 1. The molecule has 0 fully saturated rings. The Bertz CT molecular complexity index is 1490. The van der Waals surface area contributed by atoms with Crippen LogP contribution in [-0.2, 0) is 23.1 Å². The third kappa shape index (κ3) is 8.12. The van der Waals surface area contributed by atoms with Gasteiger partial charge in [0.05, 0.1) is 0 Å². The zero-order chi connectivity index (χ0) is 30.8. The number of pyridine rings is 2. The predicted molar refractivity (Wildman–Crippen MR) is 171 cm³/mol. The van der Waals surface area contributed by atoms with Gasteiger partial charge in [-0.2, -0.15) is 12.7 Å². The number of hydrogen-bond acceptors (Lipinski definition) is 8. The van der Waals surface area contributed by atoms with Crippen molar-refractivity contribution in [2.45, 2.75) is 72.6 Å². The van der Waals surface area contributed by atoms with Gasteiger partial charge in [-0.1, -0.05) is 52.0 Å². The van der Waals surface area contributed by atoms with Gasteiger partial charge < -0.3 is 4.90 Å². The largest absolute Gasteiger partial charge is 0.306 e. The molecule has 0 aromatic carbocycles. The van der Waals surface area contributed by atoms with Gasteiger partial charge in [0.25, 0.3) is 0 Å². The number of fused-ring (bicyclic) bond motifs is 2. The number of rotatable bonds is 12. The van der Waals surface area contributed by atoms with Gasteiger partial charge in [-0.25, -0.2) is 15.0 Å². The van der Waals surface area contributed by atoms with Crippen molar-refractivity contribution in [3.05, 3.63) is 46.2 Å². The van der Waals surface area contributed by atoms with Gasteiger partial charge in [0.15, 0.2) is 10.8 Å².